The zero-order valence-electron chi connectivity index (χ0n) is 6.44. The summed E-state index contributed by atoms with van der Waals surface area (Å²) in [6.07, 6.45) is -1.19. The predicted molar refractivity (Wildman–Crippen MR) is 21.4 cm³/mol. The molecule has 0 spiro atoms. The fraction of sp³-hybridized carbons (Fsp3) is 0.500. The van der Waals surface area contributed by atoms with Crippen LogP contribution in [0.25, 0.3) is 0 Å². The Morgan fingerprint density at radius 3 is 1.36 bits per heavy atom. The molecule has 0 atom stereocenters. The minimum absolute atomic E-state index is 0.595. The molecular weight excluding hydrogens is 247 g/mol. The zero-order valence-corrected chi connectivity index (χ0v) is 7.95. The molecule has 0 rings (SSSR count). The van der Waals surface area contributed by atoms with E-state index in [-0.39, 0.29) is 0 Å². The highest BCUT2D eigenvalue weighted by Crippen LogP contribution is 1.97. The third-order valence-corrected chi connectivity index (χ3v) is 1.43. The summed E-state index contributed by atoms with van der Waals surface area (Å²) in [5.41, 5.74) is 0. The van der Waals surface area contributed by atoms with E-state index in [2.05, 4.69) is 8.58 Å². The molecule has 0 aromatic rings. The quantitative estimate of drug-likeness (QED) is 0.472. The van der Waals surface area contributed by atoms with E-state index in [0.717, 1.165) is 0 Å². The van der Waals surface area contributed by atoms with E-state index in [1.54, 1.807) is 0 Å². The lowest BCUT2D eigenvalue weighted by molar-refractivity contribution is -1.62. The molecule has 0 radical (unpaired) electrons. The van der Waals surface area contributed by atoms with Crippen molar-refractivity contribution in [3.63, 3.8) is 0 Å². The van der Waals surface area contributed by atoms with Crippen LogP contribution in [0.1, 0.15) is 12.8 Å². The summed E-state index contributed by atoms with van der Waals surface area (Å²) in [6, 6.07) is 0. The lowest BCUT2D eigenvalue weighted by Gasteiger charge is -1.94. The van der Waals surface area contributed by atoms with Crippen LogP contribution in [0, 0.1) is 21.6 Å². The van der Waals surface area contributed by atoms with Gasteiger partial charge in [0.15, 0.2) is 0 Å². The Hall–Kier alpha value is -0.640. The lowest BCUT2D eigenvalue weighted by Crippen LogP contribution is -2.37. The molecule has 0 saturated carbocycles. The van der Waals surface area contributed by atoms with Crippen molar-refractivity contribution in [1.29, 1.82) is 0 Å². The first-order valence-corrected chi connectivity index (χ1v) is 4.80. The van der Waals surface area contributed by atoms with Crippen molar-refractivity contribution in [2.75, 3.05) is 0 Å². The van der Waals surface area contributed by atoms with Crippen LogP contribution in [0.2, 0.25) is 0 Å². The van der Waals surface area contributed by atoms with Gasteiger partial charge in [0.05, 0.1) is 12.8 Å². The van der Waals surface area contributed by atoms with Crippen LogP contribution in [-0.4, -0.2) is 11.9 Å². The molecule has 82 valence electrons. The Labute approximate surface area is 83.8 Å². The van der Waals surface area contributed by atoms with Crippen molar-refractivity contribution in [2.24, 2.45) is 0 Å². The van der Waals surface area contributed by atoms with Crippen LogP contribution in [0.5, 0.6) is 0 Å². The van der Waals surface area contributed by atoms with Gasteiger partial charge < -0.3 is 18.6 Å². The van der Waals surface area contributed by atoms with Gasteiger partial charge in [0.25, 0.3) is 0 Å². The van der Waals surface area contributed by atoms with Crippen LogP contribution in [0.4, 0.5) is 0 Å². The van der Waals surface area contributed by atoms with E-state index in [1.807, 2.05) is 0 Å². The summed E-state index contributed by atoms with van der Waals surface area (Å²) in [6.45, 7) is 0. The first kappa shape index (κ1) is 13.4. The summed E-state index contributed by atoms with van der Waals surface area (Å²) in [4.78, 5) is 20.9. The van der Waals surface area contributed by atoms with Crippen molar-refractivity contribution < 1.29 is 58.4 Å². The fourth-order valence-electron chi connectivity index (χ4n) is 0.422. The average Bonchev–Trinajstić information content (AvgIpc) is 1.98. The fourth-order valence-corrected chi connectivity index (χ4v) is 0.857. The Balaban J connectivity index is 3.61. The molecule has 0 N–H and O–H groups in total. The lowest BCUT2D eigenvalue weighted by atomic mass is 10.3. The Morgan fingerprint density at radius 1 is 0.857 bits per heavy atom. The third-order valence-electron chi connectivity index (χ3n) is 0.831. The maximum Gasteiger partial charge on any atom is 0.422 e. The second-order valence-corrected chi connectivity index (χ2v) is 2.84. The van der Waals surface area contributed by atoms with Gasteiger partial charge in [0.1, 0.15) is 0 Å². The maximum absolute atomic E-state index is 10.5. The van der Waals surface area contributed by atoms with Crippen molar-refractivity contribution in [3.8, 4) is 0 Å². The summed E-state index contributed by atoms with van der Waals surface area (Å²) in [5, 5.41) is 0. The van der Waals surface area contributed by atoms with Gasteiger partial charge in [0.2, 0.25) is 0 Å². The maximum atomic E-state index is 10.5. The van der Waals surface area contributed by atoms with E-state index in [1.165, 1.54) is 0 Å². The summed E-state index contributed by atoms with van der Waals surface area (Å²) < 4.78 is 46.1. The van der Waals surface area contributed by atoms with Crippen molar-refractivity contribution in [1.82, 2.24) is 0 Å². The molecular formula is C4H4Cl2O8. The molecule has 0 unspecified atom stereocenters. The highest BCUT2D eigenvalue weighted by Gasteiger charge is 2.23. The normalized spacial score (nSPS) is 10.4. The van der Waals surface area contributed by atoms with Gasteiger partial charge in [-0.15, -0.1) is 0 Å². The number of hydrogen-bond donors (Lipinski definition) is 0. The van der Waals surface area contributed by atoms with Crippen LogP contribution in [-0.2, 0) is 18.2 Å². The van der Waals surface area contributed by atoms with E-state index in [9.17, 15) is 28.2 Å². The molecule has 0 amide bonds. The minimum atomic E-state index is -2.68. The molecule has 0 aliphatic heterocycles. The zero-order chi connectivity index (χ0) is 11.1. The topological polar surface area (TPSA) is 145 Å². The molecule has 14 heavy (non-hydrogen) atoms. The van der Waals surface area contributed by atoms with Crippen molar-refractivity contribution >= 4 is 11.9 Å². The van der Waals surface area contributed by atoms with Crippen molar-refractivity contribution in [2.45, 2.75) is 12.8 Å². The molecule has 10 heteroatoms. The number of hydrogen-bond acceptors (Lipinski definition) is 8. The van der Waals surface area contributed by atoms with Gasteiger partial charge >= 0.3 is 33.5 Å². The van der Waals surface area contributed by atoms with Gasteiger partial charge in [-0.2, -0.15) is 0 Å². The van der Waals surface area contributed by atoms with Crippen molar-refractivity contribution in [3.05, 3.63) is 0 Å². The van der Waals surface area contributed by atoms with Gasteiger partial charge in [0, 0.05) is 0 Å². The molecule has 0 heterocycles. The second-order valence-electron chi connectivity index (χ2n) is 1.78. The number of halogens is 2. The third kappa shape index (κ3) is 7.98. The standard InChI is InChI=1S/C4H4Cl2O8/c7-3(13-5(9)10)1-2-4(8)14-6(11)12/h1-2H2. The Bertz CT molecular complexity index is 182. The summed E-state index contributed by atoms with van der Waals surface area (Å²) in [5.74, 6) is -2.39. The number of carbonyl (C=O) groups is 2. The van der Waals surface area contributed by atoms with E-state index in [4.69, 9.17) is 0 Å². The largest absolute Gasteiger partial charge is 0.422 e. The van der Waals surface area contributed by atoms with E-state index in [0.29, 0.717) is 0 Å². The van der Waals surface area contributed by atoms with Gasteiger partial charge in [-0.3, -0.25) is 0 Å². The molecule has 0 aromatic heterocycles. The number of carbonyl (C=O) groups excluding carboxylic acids is 2. The predicted octanol–water partition coefficient (Wildman–Crippen LogP) is -4.97. The SMILES string of the molecule is O=C(CCC(=O)O[Cl+2]([O-])[O-])O[Cl+2]([O-])[O-]. The molecule has 0 aliphatic rings. The smallest absolute Gasteiger partial charge is 0.307 e. The first-order chi connectivity index (χ1) is 6.41. The van der Waals surface area contributed by atoms with Crippen LogP contribution in [0.15, 0.2) is 0 Å². The molecule has 0 bridgehead atoms. The van der Waals surface area contributed by atoms with E-state index >= 15 is 0 Å². The second kappa shape index (κ2) is 6.76. The molecule has 0 aromatic carbocycles. The van der Waals surface area contributed by atoms with Crippen LogP contribution >= 0.6 is 0 Å². The van der Waals surface area contributed by atoms with Gasteiger partial charge in [-0.25, -0.2) is 9.59 Å². The van der Waals surface area contributed by atoms with Crippen LogP contribution < -0.4 is 18.6 Å². The highest BCUT2D eigenvalue weighted by atomic mass is 35.6. The Kier molecular flexibility index (Phi) is 6.45. The number of rotatable bonds is 5. The van der Waals surface area contributed by atoms with E-state index < -0.39 is 46.3 Å². The molecule has 0 aliphatic carbocycles. The van der Waals surface area contributed by atoms with Crippen LogP contribution in [0.3, 0.4) is 0 Å². The minimum Gasteiger partial charge on any atom is -0.307 e. The summed E-state index contributed by atoms with van der Waals surface area (Å²) in [7, 11) is -5.36. The highest BCUT2D eigenvalue weighted by molar-refractivity contribution is 5.76. The molecule has 0 fully saturated rings. The summed E-state index contributed by atoms with van der Waals surface area (Å²) >= 11 is 0. The van der Waals surface area contributed by atoms with Gasteiger partial charge in [-0.1, -0.05) is 8.58 Å². The van der Waals surface area contributed by atoms with Gasteiger partial charge in [-0.05, 0) is 0 Å². The molecule has 8 nitrogen and oxygen atoms in total. The molecule has 0 saturated heterocycles. The first-order valence-electron chi connectivity index (χ1n) is 2.95. The average molecular weight is 251 g/mol. The Morgan fingerprint density at radius 2 is 1.14 bits per heavy atom. The monoisotopic (exact) mass is 250 g/mol.